The van der Waals surface area contributed by atoms with E-state index in [-0.39, 0.29) is 117 Å². The Bertz CT molecular complexity index is 2520. The molecule has 0 aromatic rings. The number of aliphatic hydroxyl groups excluding tert-OH is 11. The quantitative estimate of drug-likeness (QED) is 0.0252. The Morgan fingerprint density at radius 1 is 0.379 bits per heavy atom. The molecule has 0 aliphatic carbocycles. The minimum Gasteiger partial charge on any atom is -0.394 e. The van der Waals surface area contributed by atoms with Gasteiger partial charge in [-0.15, -0.1) is 0 Å². The number of hydrogen-bond donors (Lipinski definition) is 20. The van der Waals surface area contributed by atoms with Crippen LogP contribution >= 0.6 is 0 Å². The van der Waals surface area contributed by atoms with Crippen molar-refractivity contribution in [2.45, 2.75) is 239 Å². The molecule has 0 saturated carbocycles. The molecular weight excluding hydrogens is 1370 g/mol. The molecule has 20 N–H and O–H groups in total. The largest absolute Gasteiger partial charge is 0.394 e. The highest BCUT2D eigenvalue weighted by atomic mass is 16.7. The van der Waals surface area contributed by atoms with Crippen LogP contribution < -0.4 is 47.9 Å². The van der Waals surface area contributed by atoms with Gasteiger partial charge in [-0.3, -0.25) is 43.2 Å². The van der Waals surface area contributed by atoms with Crippen molar-refractivity contribution in [2.24, 2.45) is 0 Å². The number of aliphatic hydroxyl groups is 11. The van der Waals surface area contributed by atoms with E-state index >= 15 is 0 Å². The third-order valence-corrected chi connectivity index (χ3v) is 17.2. The van der Waals surface area contributed by atoms with E-state index in [2.05, 4.69) is 47.9 Å². The van der Waals surface area contributed by atoms with Crippen LogP contribution in [0.4, 0.5) is 0 Å². The zero-order chi connectivity index (χ0) is 75.8. The third-order valence-electron chi connectivity index (χ3n) is 17.2. The number of carbonyl (C=O) groups is 9. The fourth-order valence-electron chi connectivity index (χ4n) is 11.6. The van der Waals surface area contributed by atoms with Gasteiger partial charge in [0.1, 0.15) is 97.4 Å². The molecule has 4 aliphatic heterocycles. The number of amides is 9. The lowest BCUT2D eigenvalue weighted by atomic mass is 9.97. The van der Waals surface area contributed by atoms with Crippen molar-refractivity contribution in [3.8, 4) is 0 Å². The van der Waals surface area contributed by atoms with Crippen LogP contribution in [-0.2, 0) is 90.5 Å². The Hall–Kier alpha value is -5.61. The van der Waals surface area contributed by atoms with Gasteiger partial charge in [-0.25, -0.2) is 0 Å². The lowest BCUT2D eigenvalue weighted by Gasteiger charge is -2.42. The van der Waals surface area contributed by atoms with Gasteiger partial charge in [0, 0.05) is 66.2 Å². The van der Waals surface area contributed by atoms with Crippen molar-refractivity contribution in [1.82, 2.24) is 47.9 Å². The Morgan fingerprint density at radius 2 is 0.738 bits per heavy atom. The van der Waals surface area contributed by atoms with Crippen molar-refractivity contribution in [3.63, 3.8) is 0 Å². The first-order chi connectivity index (χ1) is 49.3. The molecule has 4 rings (SSSR count). The number of carbonyl (C=O) groups excluding carboxylic acids is 9. The van der Waals surface area contributed by atoms with E-state index in [0.717, 1.165) is 38.5 Å². The molecule has 4 saturated heterocycles. The number of nitrogens with one attached hydrogen (secondary N) is 9. The summed E-state index contributed by atoms with van der Waals surface area (Å²) in [6, 6.07) is -6.17. The van der Waals surface area contributed by atoms with Crippen LogP contribution in [0.1, 0.15) is 117 Å². The molecule has 4 fully saturated rings. The van der Waals surface area contributed by atoms with Gasteiger partial charge >= 0.3 is 0 Å². The Balaban J connectivity index is 1.32. The van der Waals surface area contributed by atoms with Gasteiger partial charge in [0.2, 0.25) is 53.2 Å². The summed E-state index contributed by atoms with van der Waals surface area (Å²) in [4.78, 5) is 116. The van der Waals surface area contributed by atoms with Gasteiger partial charge in [0.05, 0.1) is 92.0 Å². The van der Waals surface area contributed by atoms with E-state index in [1.165, 1.54) is 20.8 Å². The van der Waals surface area contributed by atoms with Crippen molar-refractivity contribution in [3.05, 3.63) is 0 Å². The molecule has 9 amide bonds. The van der Waals surface area contributed by atoms with Gasteiger partial charge in [-0.05, 0) is 38.5 Å². The van der Waals surface area contributed by atoms with E-state index < -0.39 is 196 Å². The molecule has 4 heterocycles. The second kappa shape index (κ2) is 50.0. The standard InChI is InChI=1S/C64H113N9O30/c1-36(78)69-50-56(88)53(85)44(33-75)101-62(50)97-29-26-94-23-20-65-47(82)17-13-39(59(91)67-21-24-95-27-30-98-63-51(70-37(2)79)57(89)54(86)45(34-76)102-63)73-49(84)18-14-40(60(92)68-22-25-96-28-31-99-64-52(71-38(3)80)58(90)55(87)46(35-77)103-64)72-48(83)12-10-8-6-4-5-7-9-11-19-66-61(93)42-16-15-41(81)43(32-74)100-42/h39-46,50-58,62-64,74-77,81,85-90H,4-35H2,1-3H3,(H,65,82)(H,66,93)(H,67,91)(H,68,92)(H,69,78)(H,70,79)(H,71,80)(H,72,83)(H,73,84)/t39-,40-,41-,42+,43+,44?,45?,46?,50?,51?,52?,53?,54?,55?,56?,57?,58?,62?,63?,64?/m0/s1. The predicted molar refractivity (Wildman–Crippen MR) is 353 cm³/mol. The minimum absolute atomic E-state index is 0.0241. The van der Waals surface area contributed by atoms with Crippen LogP contribution in [-0.4, -0.2) is 344 Å². The number of unbranched alkanes of at least 4 members (excludes halogenated alkanes) is 7. The van der Waals surface area contributed by atoms with Gasteiger partial charge in [0.15, 0.2) is 18.9 Å². The Kier molecular flexibility index (Phi) is 43.6. The molecule has 0 spiro atoms. The summed E-state index contributed by atoms with van der Waals surface area (Å²) in [5.41, 5.74) is 0. The average Bonchev–Trinajstić information content (AvgIpc) is 0.821. The van der Waals surface area contributed by atoms with Crippen molar-refractivity contribution in [1.29, 1.82) is 0 Å². The molecular formula is C64H113N9O30. The highest BCUT2D eigenvalue weighted by molar-refractivity contribution is 5.90. The summed E-state index contributed by atoms with van der Waals surface area (Å²) in [6.45, 7) is 0.466. The molecule has 0 bridgehead atoms. The molecule has 103 heavy (non-hydrogen) atoms. The van der Waals surface area contributed by atoms with Crippen molar-refractivity contribution >= 4 is 53.2 Å². The molecule has 20 atom stereocenters. The van der Waals surface area contributed by atoms with E-state index in [4.69, 9.17) is 47.4 Å². The lowest BCUT2D eigenvalue weighted by Crippen LogP contribution is -2.64. The molecule has 39 heteroatoms. The van der Waals surface area contributed by atoms with Crippen LogP contribution in [0.25, 0.3) is 0 Å². The first-order valence-corrected chi connectivity index (χ1v) is 35.2. The molecule has 0 radical (unpaired) electrons. The highest BCUT2D eigenvalue weighted by Crippen LogP contribution is 2.26. The average molecular weight is 1490 g/mol. The first-order valence-electron chi connectivity index (χ1n) is 35.2. The molecule has 0 aromatic heterocycles. The van der Waals surface area contributed by atoms with Crippen molar-refractivity contribution < 1.29 is 147 Å². The van der Waals surface area contributed by atoms with E-state index in [1.807, 2.05) is 0 Å². The smallest absolute Gasteiger partial charge is 0.249 e. The topological polar surface area (TPSA) is 577 Å². The molecule has 0 aromatic carbocycles. The summed E-state index contributed by atoms with van der Waals surface area (Å²) in [5, 5.41) is 134. The second-order valence-corrected chi connectivity index (χ2v) is 25.4. The zero-order valence-electron chi connectivity index (χ0n) is 58.9. The molecule has 594 valence electrons. The number of ether oxygens (including phenoxy) is 10. The molecule has 15 unspecified atom stereocenters. The highest BCUT2D eigenvalue weighted by Gasteiger charge is 2.48. The van der Waals surface area contributed by atoms with Gasteiger partial charge in [0.25, 0.3) is 0 Å². The first kappa shape index (κ1) is 89.8. The minimum atomic E-state index is -1.55. The van der Waals surface area contributed by atoms with Crippen LogP contribution in [0.5, 0.6) is 0 Å². The van der Waals surface area contributed by atoms with Gasteiger partial charge in [-0.1, -0.05) is 38.5 Å². The second-order valence-electron chi connectivity index (χ2n) is 25.4. The molecule has 39 nitrogen and oxygen atoms in total. The fraction of sp³-hybridized carbons (Fsp3) is 0.859. The summed E-state index contributed by atoms with van der Waals surface area (Å²) in [7, 11) is 0. The summed E-state index contributed by atoms with van der Waals surface area (Å²) >= 11 is 0. The van der Waals surface area contributed by atoms with Crippen molar-refractivity contribution in [2.75, 3.05) is 112 Å². The maximum Gasteiger partial charge on any atom is 0.249 e. The third kappa shape index (κ3) is 33.0. The predicted octanol–water partition coefficient (Wildman–Crippen LogP) is -8.68. The summed E-state index contributed by atoms with van der Waals surface area (Å²) in [5.74, 6) is -5.11. The Morgan fingerprint density at radius 3 is 1.13 bits per heavy atom. The van der Waals surface area contributed by atoms with Crippen LogP contribution in [0, 0.1) is 0 Å². The lowest BCUT2D eigenvalue weighted by molar-refractivity contribution is -0.272. The summed E-state index contributed by atoms with van der Waals surface area (Å²) in [6.07, 6.45) is -13.1. The van der Waals surface area contributed by atoms with E-state index in [0.29, 0.717) is 32.2 Å². The van der Waals surface area contributed by atoms with Gasteiger partial charge < -0.3 is 151 Å². The number of hydrogen-bond acceptors (Lipinski definition) is 30. The SMILES string of the molecule is CC(=O)NC1C(OCCOCCNC(=O)CC[C@H](NC(=O)CC[C@H](NC(=O)CCCCCCCCCCNC(=O)[C@H]2CC[C@H](O)[C@@H](CO)O2)C(=O)NCCOCCOC2OC(CO)C(O)C(O)C2NC(C)=O)C(=O)NCCOCCOC2OC(CO)C(O)C(O)C2NC(C)=O)OC(CO)C(O)C1O. The normalized spacial score (nSPS) is 28.4. The van der Waals surface area contributed by atoms with Crippen LogP contribution in [0.15, 0.2) is 0 Å². The van der Waals surface area contributed by atoms with E-state index in [9.17, 15) is 99.3 Å². The maximum absolute atomic E-state index is 13.8. The molecule has 4 aliphatic rings. The van der Waals surface area contributed by atoms with Gasteiger partial charge in [-0.2, -0.15) is 0 Å². The Labute approximate surface area is 597 Å². The maximum atomic E-state index is 13.8. The van der Waals surface area contributed by atoms with E-state index in [1.54, 1.807) is 0 Å². The monoisotopic (exact) mass is 1490 g/mol. The van der Waals surface area contributed by atoms with Crippen LogP contribution in [0.3, 0.4) is 0 Å². The zero-order valence-corrected chi connectivity index (χ0v) is 58.9. The van der Waals surface area contributed by atoms with Crippen LogP contribution in [0.2, 0.25) is 0 Å². The summed E-state index contributed by atoms with van der Waals surface area (Å²) < 4.78 is 55.9. The fourth-order valence-corrected chi connectivity index (χ4v) is 11.6. The number of rotatable bonds is 50.